The molecule has 1 aliphatic heterocycles. The lowest BCUT2D eigenvalue weighted by atomic mass is 10.1. The molecular formula is C18H16N4OS. The molecule has 1 N–H and O–H groups in total. The second-order valence-electron chi connectivity index (χ2n) is 5.76. The van der Waals surface area contributed by atoms with Crippen LogP contribution < -0.4 is 10.2 Å². The number of nitrogens with one attached hydrogen (secondary N) is 1. The molecule has 0 bridgehead atoms. The molecule has 3 aromatic rings. The van der Waals surface area contributed by atoms with Gasteiger partial charge in [-0.1, -0.05) is 18.2 Å². The average Bonchev–Trinajstić information content (AvgIpc) is 3.22. The van der Waals surface area contributed by atoms with E-state index in [0.29, 0.717) is 5.56 Å². The van der Waals surface area contributed by atoms with Gasteiger partial charge in [-0.25, -0.2) is 4.98 Å². The van der Waals surface area contributed by atoms with Crippen molar-refractivity contribution in [3.63, 3.8) is 0 Å². The van der Waals surface area contributed by atoms with E-state index in [1.165, 1.54) is 17.1 Å². The molecule has 0 spiro atoms. The monoisotopic (exact) mass is 336 g/mol. The van der Waals surface area contributed by atoms with Crippen LogP contribution in [0.25, 0.3) is 0 Å². The Labute approximate surface area is 144 Å². The number of fused-ring (bicyclic) bond motifs is 1. The summed E-state index contributed by atoms with van der Waals surface area (Å²) in [5.74, 6) is 0.842. The first-order valence-electron chi connectivity index (χ1n) is 7.71. The van der Waals surface area contributed by atoms with Gasteiger partial charge in [-0.05, 0) is 47.8 Å². The molecule has 5 nitrogen and oxygen atoms in total. The first-order chi connectivity index (χ1) is 11.7. The Morgan fingerprint density at radius 2 is 2.12 bits per heavy atom. The molecule has 1 aromatic carbocycles. The minimum atomic E-state index is -0.106. The molecule has 24 heavy (non-hydrogen) atoms. The number of hydrogen-bond donors (Lipinski definition) is 1. The zero-order valence-corrected chi connectivity index (χ0v) is 14.0. The van der Waals surface area contributed by atoms with Crippen LogP contribution in [0.2, 0.25) is 0 Å². The lowest BCUT2D eigenvalue weighted by molar-refractivity contribution is 0.102. The van der Waals surface area contributed by atoms with Crippen molar-refractivity contribution >= 4 is 28.9 Å². The van der Waals surface area contributed by atoms with E-state index in [9.17, 15) is 4.79 Å². The third kappa shape index (κ3) is 2.65. The van der Waals surface area contributed by atoms with Gasteiger partial charge in [0, 0.05) is 30.4 Å². The maximum absolute atomic E-state index is 12.5. The van der Waals surface area contributed by atoms with Crippen LogP contribution in [-0.2, 0) is 13.1 Å². The number of carbonyl (C=O) groups is 1. The molecule has 120 valence electrons. The summed E-state index contributed by atoms with van der Waals surface area (Å²) in [7, 11) is 0. The molecular weight excluding hydrogens is 320 g/mol. The van der Waals surface area contributed by atoms with Crippen molar-refractivity contribution in [3.8, 4) is 0 Å². The van der Waals surface area contributed by atoms with Crippen LogP contribution in [-0.4, -0.2) is 15.3 Å². The molecule has 0 atom stereocenters. The molecule has 4 rings (SSSR count). The third-order valence-electron chi connectivity index (χ3n) is 4.20. The van der Waals surface area contributed by atoms with Gasteiger partial charge in [0.2, 0.25) is 0 Å². The maximum Gasteiger partial charge on any atom is 0.258 e. The van der Waals surface area contributed by atoms with Crippen molar-refractivity contribution in [1.82, 2.24) is 9.36 Å². The highest BCUT2D eigenvalue weighted by Gasteiger charge is 2.23. The number of aromatic nitrogens is 2. The van der Waals surface area contributed by atoms with Crippen molar-refractivity contribution in [2.45, 2.75) is 20.0 Å². The number of anilines is 2. The summed E-state index contributed by atoms with van der Waals surface area (Å²) < 4.78 is 4.17. The van der Waals surface area contributed by atoms with E-state index in [0.717, 1.165) is 35.9 Å². The predicted molar refractivity (Wildman–Crippen MR) is 95.4 cm³/mol. The fraction of sp³-hybridized carbons (Fsp3) is 0.167. The summed E-state index contributed by atoms with van der Waals surface area (Å²) in [6, 6.07) is 11.9. The highest BCUT2D eigenvalue weighted by atomic mass is 32.1. The molecule has 0 unspecified atom stereocenters. The Bertz CT molecular complexity index is 891. The van der Waals surface area contributed by atoms with E-state index in [1.807, 2.05) is 37.3 Å². The Balaban J connectivity index is 1.59. The summed E-state index contributed by atoms with van der Waals surface area (Å²) in [5, 5.41) is 4.82. The van der Waals surface area contributed by atoms with Gasteiger partial charge in [-0.2, -0.15) is 4.37 Å². The molecule has 0 aliphatic carbocycles. The van der Waals surface area contributed by atoms with Gasteiger partial charge < -0.3 is 10.2 Å². The van der Waals surface area contributed by atoms with Gasteiger partial charge in [0.25, 0.3) is 5.91 Å². The largest absolute Gasteiger partial charge is 0.348 e. The average molecular weight is 336 g/mol. The SMILES string of the molecule is Cc1nscc1C(=O)Nc1cccc2c1CN(c1ccccn1)C2. The zero-order chi connectivity index (χ0) is 16.5. The van der Waals surface area contributed by atoms with Gasteiger partial charge in [-0.3, -0.25) is 4.79 Å². The van der Waals surface area contributed by atoms with Crippen LogP contribution in [0.1, 0.15) is 27.2 Å². The van der Waals surface area contributed by atoms with Gasteiger partial charge in [0.15, 0.2) is 0 Å². The summed E-state index contributed by atoms with van der Waals surface area (Å²) >= 11 is 1.30. The molecule has 2 aromatic heterocycles. The number of aryl methyl sites for hydroxylation is 1. The Kier molecular flexibility index (Phi) is 3.74. The number of hydrogen-bond acceptors (Lipinski definition) is 5. The summed E-state index contributed by atoms with van der Waals surface area (Å²) in [6.45, 7) is 3.39. The van der Waals surface area contributed by atoms with Gasteiger partial charge >= 0.3 is 0 Å². The highest BCUT2D eigenvalue weighted by molar-refractivity contribution is 7.04. The summed E-state index contributed by atoms with van der Waals surface area (Å²) in [4.78, 5) is 19.1. The number of pyridine rings is 1. The molecule has 0 saturated heterocycles. The smallest absolute Gasteiger partial charge is 0.258 e. The number of rotatable bonds is 3. The van der Waals surface area contributed by atoms with Crippen molar-refractivity contribution in [2.75, 3.05) is 10.2 Å². The molecule has 0 radical (unpaired) electrons. The standard InChI is InChI=1S/C18H16N4OS/c1-12-15(11-24-21-12)18(23)20-16-6-4-5-13-9-22(10-14(13)16)17-7-2-3-8-19-17/h2-8,11H,9-10H2,1H3,(H,20,23). The number of amides is 1. The van der Waals surface area contributed by atoms with Crippen molar-refractivity contribution in [2.24, 2.45) is 0 Å². The second kappa shape index (κ2) is 6.05. The van der Waals surface area contributed by atoms with E-state index in [-0.39, 0.29) is 5.91 Å². The fourth-order valence-corrected chi connectivity index (χ4v) is 3.63. The zero-order valence-electron chi connectivity index (χ0n) is 13.2. The molecule has 3 heterocycles. The topological polar surface area (TPSA) is 58.1 Å². The number of benzene rings is 1. The third-order valence-corrected chi connectivity index (χ3v) is 4.92. The summed E-state index contributed by atoms with van der Waals surface area (Å²) in [5.41, 5.74) is 4.63. The van der Waals surface area contributed by atoms with Crippen LogP contribution in [0, 0.1) is 6.92 Å². The van der Waals surface area contributed by atoms with Crippen molar-refractivity contribution < 1.29 is 4.79 Å². The van der Waals surface area contributed by atoms with Crippen LogP contribution >= 0.6 is 11.5 Å². The van der Waals surface area contributed by atoms with Crippen molar-refractivity contribution in [3.05, 3.63) is 70.4 Å². The Hall–Kier alpha value is -2.73. The first kappa shape index (κ1) is 14.8. The second-order valence-corrected chi connectivity index (χ2v) is 6.38. The number of carbonyl (C=O) groups excluding carboxylic acids is 1. The van der Waals surface area contributed by atoms with Gasteiger partial charge in [0.05, 0.1) is 11.3 Å². The van der Waals surface area contributed by atoms with E-state index < -0.39 is 0 Å². The highest BCUT2D eigenvalue weighted by Crippen LogP contribution is 2.32. The lowest BCUT2D eigenvalue weighted by Gasteiger charge is -2.16. The Morgan fingerprint density at radius 1 is 1.21 bits per heavy atom. The minimum absolute atomic E-state index is 0.106. The van der Waals surface area contributed by atoms with Crippen LogP contribution in [0.3, 0.4) is 0 Å². The fourth-order valence-electron chi connectivity index (χ4n) is 2.94. The minimum Gasteiger partial charge on any atom is -0.348 e. The molecule has 1 aliphatic rings. The number of nitrogens with zero attached hydrogens (tertiary/aromatic N) is 3. The van der Waals surface area contributed by atoms with E-state index in [2.05, 4.69) is 25.6 Å². The molecule has 0 fully saturated rings. The van der Waals surface area contributed by atoms with Crippen LogP contribution in [0.5, 0.6) is 0 Å². The van der Waals surface area contributed by atoms with E-state index >= 15 is 0 Å². The van der Waals surface area contributed by atoms with E-state index in [4.69, 9.17) is 0 Å². The molecule has 0 saturated carbocycles. The van der Waals surface area contributed by atoms with Crippen LogP contribution in [0.4, 0.5) is 11.5 Å². The van der Waals surface area contributed by atoms with Crippen LogP contribution in [0.15, 0.2) is 48.0 Å². The first-order valence-corrected chi connectivity index (χ1v) is 8.55. The van der Waals surface area contributed by atoms with Gasteiger partial charge in [-0.15, -0.1) is 0 Å². The lowest BCUT2D eigenvalue weighted by Crippen LogP contribution is -2.16. The van der Waals surface area contributed by atoms with Crippen molar-refractivity contribution in [1.29, 1.82) is 0 Å². The molecule has 1 amide bonds. The Morgan fingerprint density at radius 3 is 2.88 bits per heavy atom. The predicted octanol–water partition coefficient (Wildman–Crippen LogP) is 3.62. The normalized spacial score (nSPS) is 13.0. The molecule has 6 heteroatoms. The summed E-state index contributed by atoms with van der Waals surface area (Å²) in [6.07, 6.45) is 1.80. The van der Waals surface area contributed by atoms with Gasteiger partial charge in [0.1, 0.15) is 5.82 Å². The quantitative estimate of drug-likeness (QED) is 0.794. The van der Waals surface area contributed by atoms with E-state index in [1.54, 1.807) is 11.6 Å². The maximum atomic E-state index is 12.5.